The average molecular weight is 290 g/mol. The van der Waals surface area contributed by atoms with Gasteiger partial charge in [0.2, 0.25) is 0 Å². The first kappa shape index (κ1) is 13.4. The molecule has 0 radical (unpaired) electrons. The number of hydrogen-bond acceptors (Lipinski definition) is 2. The fraction of sp³-hybridized carbons (Fsp3) is 0.333. The highest BCUT2D eigenvalue weighted by Crippen LogP contribution is 2.25. The van der Waals surface area contributed by atoms with Crippen LogP contribution in [0, 0.1) is 0 Å². The third-order valence-corrected chi connectivity index (χ3v) is 5.21. The van der Waals surface area contributed by atoms with E-state index < -0.39 is 10.2 Å². The molecule has 2 aromatic carbocycles. The maximum atomic E-state index is 12.4. The zero-order chi connectivity index (χ0) is 14.0. The van der Waals surface area contributed by atoms with Crippen molar-refractivity contribution in [3.8, 4) is 0 Å². The lowest BCUT2D eigenvalue weighted by Gasteiger charge is -2.26. The fourth-order valence-corrected chi connectivity index (χ4v) is 3.95. The zero-order valence-corrected chi connectivity index (χ0v) is 12.1. The molecule has 1 heterocycles. The first-order chi connectivity index (χ1) is 9.67. The number of nitrogens with one attached hydrogen (secondary N) is 1. The van der Waals surface area contributed by atoms with Crippen molar-refractivity contribution in [1.82, 2.24) is 4.31 Å². The normalized spacial score (nSPS) is 17.2. The molecule has 0 aliphatic carbocycles. The molecule has 0 spiro atoms. The van der Waals surface area contributed by atoms with Crippen LogP contribution in [0.2, 0.25) is 0 Å². The van der Waals surface area contributed by atoms with Crippen LogP contribution in [0.4, 0.5) is 5.69 Å². The van der Waals surface area contributed by atoms with Crippen LogP contribution in [0.5, 0.6) is 0 Å². The summed E-state index contributed by atoms with van der Waals surface area (Å²) in [5, 5.41) is 1.96. The number of hydrogen-bond donors (Lipinski definition) is 1. The molecule has 2 aromatic rings. The van der Waals surface area contributed by atoms with Gasteiger partial charge in [-0.05, 0) is 24.3 Å². The summed E-state index contributed by atoms with van der Waals surface area (Å²) in [6.07, 6.45) is 2.99. The minimum Gasteiger partial charge on any atom is -0.270 e. The van der Waals surface area contributed by atoms with Gasteiger partial charge in [-0.1, -0.05) is 42.8 Å². The van der Waals surface area contributed by atoms with Gasteiger partial charge in [0.1, 0.15) is 0 Å². The molecule has 0 bridgehead atoms. The highest BCUT2D eigenvalue weighted by molar-refractivity contribution is 7.90. The van der Waals surface area contributed by atoms with Crippen LogP contribution < -0.4 is 4.72 Å². The summed E-state index contributed by atoms with van der Waals surface area (Å²) in [5.74, 6) is 0. The molecule has 5 heteroatoms. The van der Waals surface area contributed by atoms with E-state index in [-0.39, 0.29) is 0 Å². The number of piperidine rings is 1. The standard InChI is InChI=1S/C15H18N2O2S/c18-20(19,17-11-4-1-5-12-17)16-15-10-6-8-13-7-2-3-9-14(13)15/h2-3,6-10,16H,1,4-5,11-12H2. The Kier molecular flexibility index (Phi) is 3.63. The minimum atomic E-state index is -3.44. The summed E-state index contributed by atoms with van der Waals surface area (Å²) in [5.41, 5.74) is 0.647. The van der Waals surface area contributed by atoms with Crippen molar-refractivity contribution >= 4 is 26.7 Å². The van der Waals surface area contributed by atoms with Crippen molar-refractivity contribution in [3.05, 3.63) is 42.5 Å². The second-order valence-corrected chi connectivity index (χ2v) is 6.76. The fourth-order valence-electron chi connectivity index (χ4n) is 2.62. The highest BCUT2D eigenvalue weighted by Gasteiger charge is 2.24. The number of rotatable bonds is 3. The van der Waals surface area contributed by atoms with Crippen LogP contribution in [0.3, 0.4) is 0 Å². The van der Waals surface area contributed by atoms with Crippen LogP contribution in [-0.2, 0) is 10.2 Å². The van der Waals surface area contributed by atoms with E-state index in [4.69, 9.17) is 0 Å². The molecule has 20 heavy (non-hydrogen) atoms. The Bertz CT molecular complexity index is 701. The maximum Gasteiger partial charge on any atom is 0.301 e. The molecular formula is C15H18N2O2S. The average Bonchev–Trinajstić information content (AvgIpc) is 2.48. The Morgan fingerprint density at radius 2 is 1.60 bits per heavy atom. The van der Waals surface area contributed by atoms with Crippen molar-refractivity contribution in [2.24, 2.45) is 0 Å². The summed E-state index contributed by atoms with van der Waals surface area (Å²) in [6, 6.07) is 13.4. The van der Waals surface area contributed by atoms with Crippen LogP contribution in [0.15, 0.2) is 42.5 Å². The second-order valence-electron chi connectivity index (χ2n) is 5.09. The van der Waals surface area contributed by atoms with Crippen LogP contribution >= 0.6 is 0 Å². The van der Waals surface area contributed by atoms with E-state index in [1.807, 2.05) is 42.5 Å². The molecule has 0 amide bonds. The highest BCUT2D eigenvalue weighted by atomic mass is 32.2. The summed E-state index contributed by atoms with van der Waals surface area (Å²) >= 11 is 0. The van der Waals surface area contributed by atoms with E-state index in [0.29, 0.717) is 18.8 Å². The van der Waals surface area contributed by atoms with Gasteiger partial charge in [0.25, 0.3) is 0 Å². The SMILES string of the molecule is O=S(=O)(Nc1cccc2ccccc12)N1CCCCC1. The number of benzene rings is 2. The molecule has 4 nitrogen and oxygen atoms in total. The van der Waals surface area contributed by atoms with Gasteiger partial charge in [-0.25, -0.2) is 0 Å². The number of nitrogens with zero attached hydrogens (tertiary/aromatic N) is 1. The first-order valence-corrected chi connectivity index (χ1v) is 8.36. The molecule has 0 aromatic heterocycles. The molecule has 106 valence electrons. The van der Waals surface area contributed by atoms with Crippen LogP contribution in [-0.4, -0.2) is 25.8 Å². The van der Waals surface area contributed by atoms with Crippen molar-refractivity contribution in [2.45, 2.75) is 19.3 Å². The van der Waals surface area contributed by atoms with E-state index in [1.54, 1.807) is 0 Å². The van der Waals surface area contributed by atoms with E-state index in [2.05, 4.69) is 4.72 Å². The predicted octanol–water partition coefficient (Wildman–Crippen LogP) is 2.98. The van der Waals surface area contributed by atoms with Gasteiger partial charge in [0.05, 0.1) is 5.69 Å². The largest absolute Gasteiger partial charge is 0.301 e. The van der Waals surface area contributed by atoms with Crippen LogP contribution in [0.25, 0.3) is 10.8 Å². The van der Waals surface area contributed by atoms with Crippen molar-refractivity contribution in [1.29, 1.82) is 0 Å². The molecule has 1 aliphatic heterocycles. The zero-order valence-electron chi connectivity index (χ0n) is 11.2. The lowest BCUT2D eigenvalue weighted by atomic mass is 10.1. The number of anilines is 1. The van der Waals surface area contributed by atoms with E-state index >= 15 is 0 Å². The Morgan fingerprint density at radius 1 is 0.900 bits per heavy atom. The maximum absolute atomic E-state index is 12.4. The van der Waals surface area contributed by atoms with Crippen molar-refractivity contribution in [2.75, 3.05) is 17.8 Å². The van der Waals surface area contributed by atoms with Gasteiger partial charge in [0, 0.05) is 18.5 Å². The molecule has 0 saturated carbocycles. The molecule has 3 rings (SSSR count). The van der Waals surface area contributed by atoms with Gasteiger partial charge >= 0.3 is 10.2 Å². The monoisotopic (exact) mass is 290 g/mol. The van der Waals surface area contributed by atoms with Crippen LogP contribution in [0.1, 0.15) is 19.3 Å². The smallest absolute Gasteiger partial charge is 0.270 e. The molecule has 0 unspecified atom stereocenters. The van der Waals surface area contributed by atoms with Gasteiger partial charge in [-0.3, -0.25) is 4.72 Å². The third kappa shape index (κ3) is 2.64. The molecule has 1 fully saturated rings. The molecule has 1 aliphatic rings. The van der Waals surface area contributed by atoms with Gasteiger partial charge in [-0.15, -0.1) is 0 Å². The Labute approximate surface area is 119 Å². The molecule has 0 atom stereocenters. The van der Waals surface area contributed by atoms with E-state index in [1.165, 1.54) is 4.31 Å². The topological polar surface area (TPSA) is 49.4 Å². The van der Waals surface area contributed by atoms with Crippen molar-refractivity contribution < 1.29 is 8.42 Å². The van der Waals surface area contributed by atoms with E-state index in [0.717, 1.165) is 30.0 Å². The quantitative estimate of drug-likeness (QED) is 0.944. The van der Waals surface area contributed by atoms with Gasteiger partial charge in [0.15, 0.2) is 0 Å². The lowest BCUT2D eigenvalue weighted by Crippen LogP contribution is -2.39. The number of fused-ring (bicyclic) bond motifs is 1. The first-order valence-electron chi connectivity index (χ1n) is 6.92. The molecular weight excluding hydrogens is 272 g/mol. The Balaban J connectivity index is 1.92. The Hall–Kier alpha value is -1.59. The lowest BCUT2D eigenvalue weighted by molar-refractivity contribution is 0.349. The minimum absolute atomic E-state index is 0.611. The summed E-state index contributed by atoms with van der Waals surface area (Å²) in [7, 11) is -3.44. The third-order valence-electron chi connectivity index (χ3n) is 3.68. The molecule has 1 saturated heterocycles. The van der Waals surface area contributed by atoms with Crippen molar-refractivity contribution in [3.63, 3.8) is 0 Å². The summed E-state index contributed by atoms with van der Waals surface area (Å²) in [4.78, 5) is 0. The molecule has 1 N–H and O–H groups in total. The Morgan fingerprint density at radius 3 is 2.40 bits per heavy atom. The van der Waals surface area contributed by atoms with Gasteiger partial charge < -0.3 is 0 Å². The predicted molar refractivity (Wildman–Crippen MR) is 81.9 cm³/mol. The second kappa shape index (κ2) is 5.42. The van der Waals surface area contributed by atoms with E-state index in [9.17, 15) is 8.42 Å². The van der Waals surface area contributed by atoms with Gasteiger partial charge in [-0.2, -0.15) is 12.7 Å². The summed E-state index contributed by atoms with van der Waals surface area (Å²) < 4.78 is 29.1. The summed E-state index contributed by atoms with van der Waals surface area (Å²) in [6.45, 7) is 1.22.